The van der Waals surface area contributed by atoms with Crippen molar-refractivity contribution in [3.63, 3.8) is 0 Å². The Morgan fingerprint density at radius 2 is 1.23 bits per heavy atom. The number of rotatable bonds is 2. The largest absolute Gasteiger partial charge is 0.490 e. The fourth-order valence-corrected chi connectivity index (χ4v) is 2.63. The van der Waals surface area contributed by atoms with Crippen LogP contribution in [-0.4, -0.2) is 37.5 Å². The van der Waals surface area contributed by atoms with Crippen molar-refractivity contribution >= 4 is 5.97 Å². The van der Waals surface area contributed by atoms with Crippen molar-refractivity contribution in [2.45, 2.75) is 12.8 Å². The Labute approximate surface area is 152 Å². The highest BCUT2D eigenvalue weighted by Gasteiger charge is 2.18. The smallest absolute Gasteiger partial charge is 0.303 e. The summed E-state index contributed by atoms with van der Waals surface area (Å²) in [7, 11) is 0. The number of fused-ring (bicyclic) bond motifs is 2. The van der Waals surface area contributed by atoms with Crippen molar-refractivity contribution in [3.05, 3.63) is 48.5 Å². The van der Waals surface area contributed by atoms with E-state index in [1.54, 1.807) is 0 Å². The lowest BCUT2D eigenvalue weighted by molar-refractivity contribution is -0.138. The fraction of sp³-hybridized carbons (Fsp3) is 0.350. The van der Waals surface area contributed by atoms with Crippen LogP contribution in [0.15, 0.2) is 48.5 Å². The Morgan fingerprint density at radius 3 is 1.65 bits per heavy atom. The summed E-state index contributed by atoms with van der Waals surface area (Å²) in [4.78, 5) is 11.2. The molecule has 0 fully saturated rings. The van der Waals surface area contributed by atoms with Gasteiger partial charge in [-0.15, -0.1) is 0 Å². The van der Waals surface area contributed by atoms with Gasteiger partial charge in [-0.2, -0.15) is 0 Å². The van der Waals surface area contributed by atoms with Crippen LogP contribution in [0.3, 0.4) is 0 Å². The van der Waals surface area contributed by atoms with Crippen LogP contribution in [0, 0.1) is 5.92 Å². The number of ether oxygens (including phenoxy) is 4. The normalized spacial score (nSPS) is 15.7. The summed E-state index contributed by atoms with van der Waals surface area (Å²) in [5.74, 6) is 1.27. The SMILES string of the molecule is O=C(O)CC1COc2ccccc2OCCCOc2ccccc2OC1. The third kappa shape index (κ3) is 5.05. The molecule has 2 aromatic rings. The summed E-state index contributed by atoms with van der Waals surface area (Å²) in [6, 6.07) is 14.7. The molecular formula is C20H22O6. The first-order valence-corrected chi connectivity index (χ1v) is 8.63. The van der Waals surface area contributed by atoms with E-state index in [2.05, 4.69) is 0 Å². The molecule has 1 aliphatic rings. The highest BCUT2D eigenvalue weighted by Crippen LogP contribution is 2.30. The molecular weight excluding hydrogens is 336 g/mol. The van der Waals surface area contributed by atoms with Crippen LogP contribution >= 0.6 is 0 Å². The number of hydrogen-bond donors (Lipinski definition) is 1. The van der Waals surface area contributed by atoms with E-state index in [-0.39, 0.29) is 25.6 Å². The van der Waals surface area contributed by atoms with E-state index in [0.717, 1.165) is 0 Å². The molecule has 0 bridgehead atoms. The standard InChI is InChI=1S/C20H22O6/c21-20(22)12-15-13-25-18-8-3-1-6-16(18)23-10-5-11-24-17-7-2-4-9-19(17)26-14-15/h1-4,6-9,15H,5,10-14H2,(H,21,22). The van der Waals surface area contributed by atoms with E-state index in [1.807, 2.05) is 48.5 Å². The molecule has 0 atom stereocenters. The number of hydrogen-bond acceptors (Lipinski definition) is 5. The van der Waals surface area contributed by atoms with Gasteiger partial charge >= 0.3 is 5.97 Å². The predicted octanol–water partition coefficient (Wildman–Crippen LogP) is 3.40. The van der Waals surface area contributed by atoms with Gasteiger partial charge in [0.2, 0.25) is 0 Å². The molecule has 0 amide bonds. The van der Waals surface area contributed by atoms with Crippen molar-refractivity contribution in [1.82, 2.24) is 0 Å². The Bertz CT molecular complexity index is 676. The minimum absolute atomic E-state index is 0.0496. The van der Waals surface area contributed by atoms with Gasteiger partial charge in [-0.05, 0) is 24.3 Å². The Morgan fingerprint density at radius 1 is 0.808 bits per heavy atom. The summed E-state index contributed by atoms with van der Waals surface area (Å²) in [5.41, 5.74) is 0. The summed E-state index contributed by atoms with van der Waals surface area (Å²) in [6.07, 6.45) is 0.663. The van der Waals surface area contributed by atoms with E-state index < -0.39 is 5.97 Å². The summed E-state index contributed by atoms with van der Waals surface area (Å²) < 4.78 is 23.2. The van der Waals surface area contributed by atoms with Gasteiger partial charge in [0, 0.05) is 12.3 Å². The Kier molecular flexibility index (Phi) is 6.19. The van der Waals surface area contributed by atoms with Gasteiger partial charge < -0.3 is 24.1 Å². The lowest BCUT2D eigenvalue weighted by atomic mass is 10.1. The monoisotopic (exact) mass is 358 g/mol. The second kappa shape index (κ2) is 8.99. The minimum atomic E-state index is -0.891. The molecule has 26 heavy (non-hydrogen) atoms. The highest BCUT2D eigenvalue weighted by molar-refractivity contribution is 5.67. The van der Waals surface area contributed by atoms with Crippen LogP contribution < -0.4 is 18.9 Å². The van der Waals surface area contributed by atoms with Crippen molar-refractivity contribution < 1.29 is 28.8 Å². The first-order valence-electron chi connectivity index (χ1n) is 8.63. The lowest BCUT2D eigenvalue weighted by Gasteiger charge is -2.20. The molecule has 0 aliphatic carbocycles. The molecule has 0 saturated heterocycles. The molecule has 0 saturated carbocycles. The average molecular weight is 358 g/mol. The zero-order valence-electron chi connectivity index (χ0n) is 14.4. The fourth-order valence-electron chi connectivity index (χ4n) is 2.63. The van der Waals surface area contributed by atoms with E-state index in [1.165, 1.54) is 0 Å². The zero-order chi connectivity index (χ0) is 18.2. The van der Waals surface area contributed by atoms with Gasteiger partial charge in [0.05, 0.1) is 32.8 Å². The molecule has 3 rings (SSSR count). The van der Waals surface area contributed by atoms with Gasteiger partial charge in [-0.25, -0.2) is 0 Å². The van der Waals surface area contributed by atoms with Crippen molar-refractivity contribution in [2.24, 2.45) is 5.92 Å². The van der Waals surface area contributed by atoms with Gasteiger partial charge in [0.15, 0.2) is 23.0 Å². The Hall–Kier alpha value is -2.89. The molecule has 0 unspecified atom stereocenters. The number of carboxylic acid groups (broad SMARTS) is 1. The van der Waals surface area contributed by atoms with Gasteiger partial charge in [0.1, 0.15) is 0 Å². The predicted molar refractivity (Wildman–Crippen MR) is 95.2 cm³/mol. The molecule has 1 heterocycles. The van der Waals surface area contributed by atoms with E-state index in [9.17, 15) is 4.79 Å². The van der Waals surface area contributed by atoms with Crippen LogP contribution in [0.1, 0.15) is 12.8 Å². The maximum Gasteiger partial charge on any atom is 0.303 e. The Balaban J connectivity index is 1.78. The third-order valence-electron chi connectivity index (χ3n) is 3.91. The zero-order valence-corrected chi connectivity index (χ0v) is 14.4. The molecule has 1 N–H and O–H groups in total. The molecule has 0 spiro atoms. The highest BCUT2D eigenvalue weighted by atomic mass is 16.5. The summed E-state index contributed by atoms with van der Waals surface area (Å²) in [6.45, 7) is 1.41. The van der Waals surface area contributed by atoms with E-state index >= 15 is 0 Å². The molecule has 1 aliphatic heterocycles. The maximum atomic E-state index is 11.2. The van der Waals surface area contributed by atoms with Crippen LogP contribution in [0.25, 0.3) is 0 Å². The van der Waals surface area contributed by atoms with Gasteiger partial charge in [0.25, 0.3) is 0 Å². The first kappa shape index (κ1) is 17.9. The number of benzene rings is 2. The van der Waals surface area contributed by atoms with Crippen LogP contribution in [0.5, 0.6) is 23.0 Å². The summed E-state index contributed by atoms with van der Waals surface area (Å²) >= 11 is 0. The van der Waals surface area contributed by atoms with Crippen molar-refractivity contribution in [2.75, 3.05) is 26.4 Å². The van der Waals surface area contributed by atoms with Crippen LogP contribution in [0.4, 0.5) is 0 Å². The van der Waals surface area contributed by atoms with Crippen molar-refractivity contribution in [3.8, 4) is 23.0 Å². The van der Waals surface area contributed by atoms with Crippen molar-refractivity contribution in [1.29, 1.82) is 0 Å². The quantitative estimate of drug-likeness (QED) is 0.887. The molecule has 0 aromatic heterocycles. The first-order chi connectivity index (χ1) is 12.7. The lowest BCUT2D eigenvalue weighted by Crippen LogP contribution is -2.23. The van der Waals surface area contributed by atoms with E-state index in [0.29, 0.717) is 42.6 Å². The third-order valence-corrected chi connectivity index (χ3v) is 3.91. The van der Waals surface area contributed by atoms with Gasteiger partial charge in [-0.1, -0.05) is 24.3 Å². The van der Waals surface area contributed by atoms with Gasteiger partial charge in [-0.3, -0.25) is 4.79 Å². The summed E-state index contributed by atoms with van der Waals surface area (Å²) in [5, 5.41) is 9.17. The number of carboxylic acids is 1. The molecule has 6 heteroatoms. The molecule has 138 valence electrons. The second-order valence-corrected chi connectivity index (χ2v) is 6.03. The van der Waals surface area contributed by atoms with E-state index in [4.69, 9.17) is 24.1 Å². The average Bonchev–Trinajstić information content (AvgIpc) is 2.64. The second-order valence-electron chi connectivity index (χ2n) is 6.03. The molecule has 2 aromatic carbocycles. The number of aliphatic carboxylic acids is 1. The van der Waals surface area contributed by atoms with Crippen LogP contribution in [-0.2, 0) is 4.79 Å². The maximum absolute atomic E-state index is 11.2. The van der Waals surface area contributed by atoms with Crippen LogP contribution in [0.2, 0.25) is 0 Å². The molecule has 0 radical (unpaired) electrons. The molecule has 6 nitrogen and oxygen atoms in total. The topological polar surface area (TPSA) is 74.2 Å². The number of para-hydroxylation sites is 4. The number of carbonyl (C=O) groups is 1. The minimum Gasteiger partial charge on any atom is -0.490 e.